The van der Waals surface area contributed by atoms with Gasteiger partial charge in [0.2, 0.25) is 5.91 Å². The first-order valence-electron chi connectivity index (χ1n) is 10.3. The maximum Gasteiger partial charge on any atom is 0.273 e. The fourth-order valence-electron chi connectivity index (χ4n) is 3.57. The molecule has 1 aromatic heterocycles. The summed E-state index contributed by atoms with van der Waals surface area (Å²) in [4.78, 5) is 28.1. The van der Waals surface area contributed by atoms with Gasteiger partial charge >= 0.3 is 0 Å². The van der Waals surface area contributed by atoms with E-state index in [4.69, 9.17) is 0 Å². The molecule has 1 aliphatic carbocycles. The lowest BCUT2D eigenvalue weighted by molar-refractivity contribution is -0.118. The summed E-state index contributed by atoms with van der Waals surface area (Å²) in [6.45, 7) is 0.589. The molecule has 5 nitrogen and oxygen atoms in total. The van der Waals surface area contributed by atoms with E-state index in [1.165, 1.54) is 29.0 Å². The van der Waals surface area contributed by atoms with E-state index < -0.39 is 0 Å². The summed E-state index contributed by atoms with van der Waals surface area (Å²) in [5.41, 5.74) is 2.23. The second kappa shape index (κ2) is 9.76. The molecule has 6 heteroatoms. The quantitative estimate of drug-likeness (QED) is 0.420. The van der Waals surface area contributed by atoms with Gasteiger partial charge in [0.1, 0.15) is 0 Å². The van der Waals surface area contributed by atoms with Crippen molar-refractivity contribution in [2.75, 3.05) is 12.3 Å². The van der Waals surface area contributed by atoms with Crippen LogP contribution in [0.15, 0.2) is 82.9 Å². The number of aromatic nitrogens is 2. The second-order valence-corrected chi connectivity index (χ2v) is 8.43. The van der Waals surface area contributed by atoms with Crippen LogP contribution in [0.25, 0.3) is 0 Å². The fourth-order valence-corrected chi connectivity index (χ4v) is 4.44. The van der Waals surface area contributed by atoms with Crippen molar-refractivity contribution in [3.8, 4) is 0 Å². The monoisotopic (exact) mass is 419 g/mol. The zero-order valence-corrected chi connectivity index (χ0v) is 17.6. The minimum atomic E-state index is -0.261. The lowest BCUT2D eigenvalue weighted by Gasteiger charge is -2.18. The number of carbonyl (C=O) groups is 1. The van der Waals surface area contributed by atoms with Gasteiger partial charge in [0.15, 0.2) is 5.16 Å². The van der Waals surface area contributed by atoms with Crippen LogP contribution in [0.4, 0.5) is 0 Å². The molecule has 154 valence electrons. The molecular weight excluding hydrogens is 394 g/mol. The van der Waals surface area contributed by atoms with Gasteiger partial charge in [-0.25, -0.2) is 0 Å². The third kappa shape index (κ3) is 5.39. The molecule has 4 rings (SSSR count). The SMILES string of the molecule is O=C(CSc1nc(=O)ccn1C1CC1)NCCC(c1ccccc1)c1ccccc1. The number of benzene rings is 2. The van der Waals surface area contributed by atoms with E-state index in [9.17, 15) is 9.59 Å². The van der Waals surface area contributed by atoms with Crippen molar-refractivity contribution in [1.29, 1.82) is 0 Å². The fraction of sp³-hybridized carbons (Fsp3) is 0.292. The largest absolute Gasteiger partial charge is 0.355 e. The summed E-state index contributed by atoms with van der Waals surface area (Å²) >= 11 is 1.33. The minimum Gasteiger partial charge on any atom is -0.355 e. The zero-order chi connectivity index (χ0) is 20.8. The van der Waals surface area contributed by atoms with E-state index in [1.54, 1.807) is 6.20 Å². The molecule has 0 unspecified atom stereocenters. The van der Waals surface area contributed by atoms with E-state index in [0.717, 1.165) is 19.3 Å². The zero-order valence-electron chi connectivity index (χ0n) is 16.7. The van der Waals surface area contributed by atoms with Gasteiger partial charge in [-0.1, -0.05) is 72.4 Å². The Kier molecular flexibility index (Phi) is 6.64. The number of nitrogens with one attached hydrogen (secondary N) is 1. The molecule has 30 heavy (non-hydrogen) atoms. The van der Waals surface area contributed by atoms with Crippen LogP contribution in [0.3, 0.4) is 0 Å². The van der Waals surface area contributed by atoms with E-state index in [2.05, 4.69) is 34.6 Å². The molecule has 1 amide bonds. The summed E-state index contributed by atoms with van der Waals surface area (Å²) in [5, 5.41) is 3.66. The first kappa shape index (κ1) is 20.4. The molecule has 1 heterocycles. The lowest BCUT2D eigenvalue weighted by atomic mass is 9.88. The van der Waals surface area contributed by atoms with Crippen LogP contribution in [0.1, 0.15) is 42.3 Å². The Morgan fingerprint density at radius 2 is 1.67 bits per heavy atom. The average Bonchev–Trinajstić information content (AvgIpc) is 3.62. The summed E-state index contributed by atoms with van der Waals surface area (Å²) in [6.07, 6.45) is 4.81. The van der Waals surface area contributed by atoms with Crippen molar-refractivity contribution in [2.45, 2.75) is 36.4 Å². The van der Waals surface area contributed by atoms with Crippen molar-refractivity contribution in [3.05, 3.63) is 94.4 Å². The van der Waals surface area contributed by atoms with Crippen molar-refractivity contribution in [1.82, 2.24) is 14.9 Å². The molecule has 0 radical (unpaired) electrons. The van der Waals surface area contributed by atoms with Crippen molar-refractivity contribution in [3.63, 3.8) is 0 Å². The van der Waals surface area contributed by atoms with Crippen LogP contribution < -0.4 is 10.9 Å². The number of nitrogens with zero attached hydrogens (tertiary/aromatic N) is 2. The highest BCUT2D eigenvalue weighted by Gasteiger charge is 2.25. The Labute approximate surface area is 180 Å². The van der Waals surface area contributed by atoms with Crippen molar-refractivity contribution < 1.29 is 4.79 Å². The summed E-state index contributed by atoms with van der Waals surface area (Å²) in [6, 6.07) is 22.7. The summed E-state index contributed by atoms with van der Waals surface area (Å²) in [7, 11) is 0. The van der Waals surface area contributed by atoms with Gasteiger partial charge in [0.25, 0.3) is 5.56 Å². The molecular formula is C24H25N3O2S. The Morgan fingerprint density at radius 1 is 1.03 bits per heavy atom. The van der Waals surface area contributed by atoms with Crippen LogP contribution in [0, 0.1) is 0 Å². The topological polar surface area (TPSA) is 64.0 Å². The number of amides is 1. The van der Waals surface area contributed by atoms with E-state index in [0.29, 0.717) is 17.7 Å². The normalized spacial score (nSPS) is 13.4. The summed E-state index contributed by atoms with van der Waals surface area (Å²) in [5.74, 6) is 0.446. The van der Waals surface area contributed by atoms with Crippen LogP contribution in [0.5, 0.6) is 0 Å². The molecule has 0 aliphatic heterocycles. The van der Waals surface area contributed by atoms with Crippen LogP contribution in [-0.4, -0.2) is 27.8 Å². The highest BCUT2D eigenvalue weighted by Crippen LogP contribution is 2.37. The molecule has 0 bridgehead atoms. The van der Waals surface area contributed by atoms with E-state index in [1.807, 2.05) is 41.0 Å². The highest BCUT2D eigenvalue weighted by atomic mass is 32.2. The first-order valence-corrected chi connectivity index (χ1v) is 11.3. The predicted molar refractivity (Wildman–Crippen MR) is 120 cm³/mol. The lowest BCUT2D eigenvalue weighted by Crippen LogP contribution is -2.27. The maximum atomic E-state index is 12.4. The van der Waals surface area contributed by atoms with Crippen LogP contribution in [-0.2, 0) is 4.79 Å². The van der Waals surface area contributed by atoms with Crippen LogP contribution >= 0.6 is 11.8 Å². The Hall–Kier alpha value is -2.86. The molecule has 2 aromatic carbocycles. The van der Waals surface area contributed by atoms with Gasteiger partial charge in [0.05, 0.1) is 5.75 Å². The average molecular weight is 420 g/mol. The number of hydrogen-bond acceptors (Lipinski definition) is 4. The number of thioether (sulfide) groups is 1. The van der Waals surface area contributed by atoms with Gasteiger partial charge in [-0.2, -0.15) is 4.98 Å². The Morgan fingerprint density at radius 3 is 2.27 bits per heavy atom. The van der Waals surface area contributed by atoms with Crippen LogP contribution in [0.2, 0.25) is 0 Å². The predicted octanol–water partition coefficient (Wildman–Crippen LogP) is 4.01. The summed E-state index contributed by atoms with van der Waals surface area (Å²) < 4.78 is 2.01. The standard InChI is InChI=1S/C24H25N3O2S/c28-22-14-16-27(20-11-12-20)24(26-22)30-17-23(29)25-15-13-21(18-7-3-1-4-8-18)19-9-5-2-6-10-19/h1-10,14,16,20-21H,11-13,15,17H2,(H,25,29). The maximum absolute atomic E-state index is 12.4. The van der Waals surface area contributed by atoms with Gasteiger partial charge < -0.3 is 9.88 Å². The molecule has 0 saturated heterocycles. The second-order valence-electron chi connectivity index (χ2n) is 7.49. The number of hydrogen-bond donors (Lipinski definition) is 1. The third-order valence-electron chi connectivity index (χ3n) is 5.24. The van der Waals surface area contributed by atoms with Gasteiger partial charge in [-0.3, -0.25) is 9.59 Å². The Bertz CT molecular complexity index is 994. The van der Waals surface area contributed by atoms with Crippen molar-refractivity contribution in [2.24, 2.45) is 0 Å². The third-order valence-corrected chi connectivity index (χ3v) is 6.20. The molecule has 1 aliphatic rings. The highest BCUT2D eigenvalue weighted by molar-refractivity contribution is 7.99. The number of carbonyl (C=O) groups excluding carboxylic acids is 1. The smallest absolute Gasteiger partial charge is 0.273 e. The number of rotatable bonds is 9. The van der Waals surface area contributed by atoms with Gasteiger partial charge in [-0.15, -0.1) is 0 Å². The van der Waals surface area contributed by atoms with Gasteiger partial charge in [0, 0.05) is 30.8 Å². The molecule has 0 spiro atoms. The van der Waals surface area contributed by atoms with E-state index >= 15 is 0 Å². The van der Waals surface area contributed by atoms with Crippen molar-refractivity contribution >= 4 is 17.7 Å². The Balaban J connectivity index is 1.33. The van der Waals surface area contributed by atoms with E-state index in [-0.39, 0.29) is 23.1 Å². The molecule has 1 saturated carbocycles. The molecule has 1 fully saturated rings. The molecule has 1 N–H and O–H groups in total. The first-order chi connectivity index (χ1) is 14.7. The molecule has 0 atom stereocenters. The van der Waals surface area contributed by atoms with Gasteiger partial charge in [-0.05, 0) is 30.4 Å². The minimum absolute atomic E-state index is 0.0414. The molecule has 3 aromatic rings.